The molecule has 2 N–H and O–H groups in total. The average molecular weight is 267 g/mol. The fourth-order valence-corrected chi connectivity index (χ4v) is 2.73. The van der Waals surface area contributed by atoms with E-state index in [0.29, 0.717) is 12.2 Å². The van der Waals surface area contributed by atoms with Gasteiger partial charge in [0.2, 0.25) is 0 Å². The summed E-state index contributed by atoms with van der Waals surface area (Å²) in [5.41, 5.74) is 3.57. The lowest BCUT2D eigenvalue weighted by Gasteiger charge is -2.33. The Hall–Kier alpha value is -2.47. The highest BCUT2D eigenvalue weighted by molar-refractivity contribution is 5.82. The summed E-state index contributed by atoms with van der Waals surface area (Å²) in [6, 6.07) is 7.95. The number of aromatic amines is 1. The minimum Gasteiger partial charge on any atom is -0.387 e. The van der Waals surface area contributed by atoms with Gasteiger partial charge < -0.3 is 15.0 Å². The van der Waals surface area contributed by atoms with Gasteiger partial charge in [0.15, 0.2) is 11.5 Å². The molecule has 0 spiro atoms. The molecule has 6 nitrogen and oxygen atoms in total. The van der Waals surface area contributed by atoms with Crippen molar-refractivity contribution >= 4 is 17.0 Å². The van der Waals surface area contributed by atoms with Gasteiger partial charge in [-0.15, -0.1) is 0 Å². The second kappa shape index (κ2) is 4.28. The first-order valence-electron chi connectivity index (χ1n) is 6.48. The van der Waals surface area contributed by atoms with E-state index in [1.807, 2.05) is 24.3 Å². The van der Waals surface area contributed by atoms with Gasteiger partial charge in [0.25, 0.3) is 0 Å². The van der Waals surface area contributed by atoms with Gasteiger partial charge in [-0.2, -0.15) is 0 Å². The van der Waals surface area contributed by atoms with E-state index in [-0.39, 0.29) is 0 Å². The number of H-pyrrole nitrogens is 1. The Morgan fingerprint density at radius 3 is 3.05 bits per heavy atom. The highest BCUT2D eigenvalue weighted by atomic mass is 16.3. The first-order valence-corrected chi connectivity index (χ1v) is 6.48. The smallest absolute Gasteiger partial charge is 0.182 e. The quantitative estimate of drug-likeness (QED) is 0.697. The summed E-state index contributed by atoms with van der Waals surface area (Å²) in [7, 11) is 0. The zero-order chi connectivity index (χ0) is 13.5. The summed E-state index contributed by atoms with van der Waals surface area (Å²) in [6.45, 7) is 1.24. The Kier molecular flexibility index (Phi) is 2.43. The molecule has 2 aromatic heterocycles. The Morgan fingerprint density at radius 2 is 2.10 bits per heavy atom. The number of benzene rings is 1. The zero-order valence-electron chi connectivity index (χ0n) is 10.7. The van der Waals surface area contributed by atoms with Crippen LogP contribution in [0.25, 0.3) is 11.2 Å². The number of aliphatic hydroxyl groups excluding tert-OH is 1. The van der Waals surface area contributed by atoms with E-state index in [1.54, 1.807) is 6.33 Å². The monoisotopic (exact) mass is 267 g/mol. The van der Waals surface area contributed by atoms with Gasteiger partial charge in [0, 0.05) is 13.1 Å². The summed E-state index contributed by atoms with van der Waals surface area (Å²) >= 11 is 0. The maximum absolute atomic E-state index is 10.3. The Bertz CT molecular complexity index is 769. The number of aliphatic hydroxyl groups is 1. The highest BCUT2D eigenvalue weighted by Gasteiger charge is 2.25. The van der Waals surface area contributed by atoms with E-state index >= 15 is 0 Å². The number of nitrogens with one attached hydrogen (secondary N) is 1. The van der Waals surface area contributed by atoms with Crippen LogP contribution in [0, 0.1) is 0 Å². The predicted octanol–water partition coefficient (Wildman–Crippen LogP) is 1.41. The molecule has 0 bridgehead atoms. The molecule has 0 fully saturated rings. The summed E-state index contributed by atoms with van der Waals surface area (Å²) in [4.78, 5) is 17.7. The summed E-state index contributed by atoms with van der Waals surface area (Å²) in [5, 5.41) is 10.3. The third-order valence-electron chi connectivity index (χ3n) is 3.67. The summed E-state index contributed by atoms with van der Waals surface area (Å²) in [6.07, 6.45) is 2.61. The largest absolute Gasteiger partial charge is 0.387 e. The van der Waals surface area contributed by atoms with Gasteiger partial charge in [-0.3, -0.25) is 0 Å². The summed E-state index contributed by atoms with van der Waals surface area (Å²) < 4.78 is 0. The standard InChI is InChI=1S/C14H13N5O/c20-11-6-19(5-9-3-1-2-4-10(9)11)14-12-13(16-7-15-12)17-8-18-14/h1-4,7-8,11,20H,5-6H2,(H,15,16,17,18). The number of β-amino-alcohol motifs (C(OH)–C–C–N with tert-alkyl or cyclic N) is 1. The van der Waals surface area contributed by atoms with Crippen molar-refractivity contribution in [3.8, 4) is 0 Å². The molecule has 0 saturated carbocycles. The van der Waals surface area contributed by atoms with E-state index < -0.39 is 6.10 Å². The van der Waals surface area contributed by atoms with Crippen LogP contribution in [0.1, 0.15) is 17.2 Å². The van der Waals surface area contributed by atoms with E-state index in [4.69, 9.17) is 0 Å². The second-order valence-corrected chi connectivity index (χ2v) is 4.89. The zero-order valence-corrected chi connectivity index (χ0v) is 10.7. The van der Waals surface area contributed by atoms with Crippen LogP contribution >= 0.6 is 0 Å². The first kappa shape index (κ1) is 11.4. The molecule has 4 rings (SSSR count). The molecule has 0 amide bonds. The van der Waals surface area contributed by atoms with Crippen LogP contribution in [0.2, 0.25) is 0 Å². The fraction of sp³-hybridized carbons (Fsp3) is 0.214. The van der Waals surface area contributed by atoms with Crippen LogP contribution in [0.15, 0.2) is 36.9 Å². The van der Waals surface area contributed by atoms with Crippen molar-refractivity contribution < 1.29 is 5.11 Å². The molecule has 100 valence electrons. The molecule has 1 aliphatic rings. The predicted molar refractivity (Wildman–Crippen MR) is 74.1 cm³/mol. The Morgan fingerprint density at radius 1 is 1.20 bits per heavy atom. The molecule has 6 heteroatoms. The third kappa shape index (κ3) is 1.65. The van der Waals surface area contributed by atoms with E-state index in [2.05, 4.69) is 24.8 Å². The lowest BCUT2D eigenvalue weighted by molar-refractivity contribution is 0.175. The number of hydrogen-bond donors (Lipinski definition) is 2. The molecular weight excluding hydrogens is 254 g/mol. The van der Waals surface area contributed by atoms with Crippen molar-refractivity contribution in [2.45, 2.75) is 12.6 Å². The van der Waals surface area contributed by atoms with Crippen molar-refractivity contribution in [3.63, 3.8) is 0 Å². The maximum Gasteiger partial charge on any atom is 0.182 e. The van der Waals surface area contributed by atoms with Gasteiger partial charge >= 0.3 is 0 Å². The van der Waals surface area contributed by atoms with Crippen LogP contribution in [-0.4, -0.2) is 31.6 Å². The molecule has 3 heterocycles. The van der Waals surface area contributed by atoms with E-state index in [9.17, 15) is 5.11 Å². The number of fused-ring (bicyclic) bond motifs is 2. The lowest BCUT2D eigenvalue weighted by atomic mass is 9.97. The van der Waals surface area contributed by atoms with E-state index in [0.717, 1.165) is 29.0 Å². The van der Waals surface area contributed by atoms with Crippen LogP contribution in [0.3, 0.4) is 0 Å². The molecule has 1 unspecified atom stereocenters. The van der Waals surface area contributed by atoms with Gasteiger partial charge in [-0.1, -0.05) is 24.3 Å². The first-order chi connectivity index (χ1) is 9.83. The van der Waals surface area contributed by atoms with Crippen LogP contribution in [0.4, 0.5) is 5.82 Å². The molecule has 20 heavy (non-hydrogen) atoms. The molecule has 1 aromatic carbocycles. The number of imidazole rings is 1. The number of anilines is 1. The summed E-state index contributed by atoms with van der Waals surface area (Å²) in [5.74, 6) is 0.779. The Balaban J connectivity index is 1.80. The normalized spacial score (nSPS) is 18.2. The van der Waals surface area contributed by atoms with Crippen LogP contribution in [-0.2, 0) is 6.54 Å². The molecular formula is C14H13N5O. The lowest BCUT2D eigenvalue weighted by Crippen LogP contribution is -2.34. The second-order valence-electron chi connectivity index (χ2n) is 4.89. The van der Waals surface area contributed by atoms with Crippen molar-refractivity contribution in [2.75, 3.05) is 11.4 Å². The van der Waals surface area contributed by atoms with Crippen molar-refractivity contribution in [1.82, 2.24) is 19.9 Å². The fourth-order valence-electron chi connectivity index (χ4n) is 2.73. The Labute approximate surface area is 115 Å². The topological polar surface area (TPSA) is 77.9 Å². The molecule has 0 saturated heterocycles. The maximum atomic E-state index is 10.3. The van der Waals surface area contributed by atoms with Crippen LogP contribution in [0.5, 0.6) is 0 Å². The molecule has 0 radical (unpaired) electrons. The molecule has 1 atom stereocenters. The average Bonchev–Trinajstić information content (AvgIpc) is 2.95. The van der Waals surface area contributed by atoms with Crippen molar-refractivity contribution in [1.29, 1.82) is 0 Å². The van der Waals surface area contributed by atoms with Gasteiger partial charge in [0.1, 0.15) is 11.8 Å². The van der Waals surface area contributed by atoms with Crippen LogP contribution < -0.4 is 4.90 Å². The minimum atomic E-state index is -0.507. The highest BCUT2D eigenvalue weighted by Crippen LogP contribution is 2.30. The van der Waals surface area contributed by atoms with E-state index in [1.165, 1.54) is 6.33 Å². The van der Waals surface area contributed by atoms with Crippen molar-refractivity contribution in [3.05, 3.63) is 48.0 Å². The molecule has 1 aliphatic heterocycles. The number of aromatic nitrogens is 4. The van der Waals surface area contributed by atoms with Crippen molar-refractivity contribution in [2.24, 2.45) is 0 Å². The number of rotatable bonds is 1. The van der Waals surface area contributed by atoms with Gasteiger partial charge in [-0.25, -0.2) is 15.0 Å². The molecule has 3 aromatic rings. The van der Waals surface area contributed by atoms with Gasteiger partial charge in [-0.05, 0) is 11.1 Å². The number of nitrogens with zero attached hydrogens (tertiary/aromatic N) is 4. The number of hydrogen-bond acceptors (Lipinski definition) is 5. The third-order valence-corrected chi connectivity index (χ3v) is 3.67. The minimum absolute atomic E-state index is 0.507. The SMILES string of the molecule is OC1CN(c2ncnc3nc[nH]c23)Cc2ccccc21. The van der Waals surface area contributed by atoms with Gasteiger partial charge in [0.05, 0.1) is 12.4 Å². The molecule has 0 aliphatic carbocycles.